The lowest BCUT2D eigenvalue weighted by Gasteiger charge is -1.91. The number of fused-ring (bicyclic) bond motifs is 3. The van der Waals surface area contributed by atoms with E-state index in [-0.39, 0.29) is 5.95 Å². The third kappa shape index (κ3) is 2.14. The molecule has 4 rings (SSSR count). The van der Waals surface area contributed by atoms with Crippen LogP contribution in [-0.2, 0) is 6.54 Å². The zero-order chi connectivity index (χ0) is 14.1. The van der Waals surface area contributed by atoms with Crippen LogP contribution >= 0.6 is 0 Å². The molecule has 0 unspecified atom stereocenters. The Kier molecular flexibility index (Phi) is 2.67. The van der Waals surface area contributed by atoms with Crippen LogP contribution in [0, 0.1) is 0 Å². The number of nitrogens with one attached hydrogen (secondary N) is 1. The van der Waals surface area contributed by atoms with Gasteiger partial charge in [0.05, 0.1) is 6.26 Å². The first-order chi connectivity index (χ1) is 10.4. The van der Waals surface area contributed by atoms with Crippen molar-refractivity contribution in [2.75, 3.05) is 0 Å². The summed E-state index contributed by atoms with van der Waals surface area (Å²) in [5.74, 6) is 0.957. The predicted molar refractivity (Wildman–Crippen MR) is 76.1 cm³/mol. The van der Waals surface area contributed by atoms with Crippen molar-refractivity contribution in [2.45, 2.75) is 6.54 Å². The summed E-state index contributed by atoms with van der Waals surface area (Å²) < 4.78 is 5.17. The molecule has 0 bridgehead atoms. The number of H-pyrrole nitrogens is 1. The normalized spacial score (nSPS) is 11.8. The largest absolute Gasteiger partial charge is 0.467 e. The Labute approximate surface area is 118 Å². The lowest BCUT2D eigenvalue weighted by molar-refractivity contribution is 0.509. The van der Waals surface area contributed by atoms with Gasteiger partial charge in [-0.25, -0.2) is 0 Å². The van der Waals surface area contributed by atoms with Gasteiger partial charge in [0.15, 0.2) is 5.65 Å². The minimum Gasteiger partial charge on any atom is -0.467 e. The lowest BCUT2D eigenvalue weighted by Crippen LogP contribution is -1.87. The number of benzene rings is 1. The molecule has 3 aromatic heterocycles. The van der Waals surface area contributed by atoms with E-state index >= 15 is 0 Å². The Morgan fingerprint density at radius 1 is 1.10 bits per heavy atom. The summed E-state index contributed by atoms with van der Waals surface area (Å²) in [5, 5.41) is 17.1. The van der Waals surface area contributed by atoms with E-state index in [0.29, 0.717) is 12.2 Å². The molecule has 3 heterocycles. The van der Waals surface area contributed by atoms with E-state index in [4.69, 9.17) is 4.42 Å². The van der Waals surface area contributed by atoms with Crippen LogP contribution in [0.3, 0.4) is 0 Å². The molecule has 4 aromatic rings. The number of furan rings is 1. The molecule has 0 aliphatic heterocycles. The van der Waals surface area contributed by atoms with Gasteiger partial charge in [-0.05, 0) is 18.2 Å². The molecule has 21 heavy (non-hydrogen) atoms. The SMILES string of the molecule is c1coc(CN=Nc2nnc3c(n2)[nH]c2ccccc23)c1. The van der Waals surface area contributed by atoms with E-state index in [1.807, 2.05) is 30.3 Å². The van der Waals surface area contributed by atoms with E-state index in [1.54, 1.807) is 12.3 Å². The van der Waals surface area contributed by atoms with Crippen molar-refractivity contribution in [3.63, 3.8) is 0 Å². The molecule has 0 radical (unpaired) electrons. The van der Waals surface area contributed by atoms with E-state index in [2.05, 4.69) is 30.4 Å². The van der Waals surface area contributed by atoms with Crippen LogP contribution in [0.5, 0.6) is 0 Å². The van der Waals surface area contributed by atoms with Crippen molar-refractivity contribution >= 4 is 28.0 Å². The molecule has 0 spiro atoms. The number of rotatable bonds is 3. The Morgan fingerprint density at radius 2 is 2.05 bits per heavy atom. The number of aromatic amines is 1. The summed E-state index contributed by atoms with van der Waals surface area (Å²) in [7, 11) is 0. The van der Waals surface area contributed by atoms with E-state index in [0.717, 1.165) is 22.2 Å². The Bertz CT molecular complexity index is 925. The minimum atomic E-state index is 0.223. The maximum atomic E-state index is 5.17. The number of hydrogen-bond acceptors (Lipinski definition) is 6. The van der Waals surface area contributed by atoms with Gasteiger partial charge in [0.25, 0.3) is 5.95 Å². The van der Waals surface area contributed by atoms with Gasteiger partial charge >= 0.3 is 0 Å². The van der Waals surface area contributed by atoms with Crippen molar-refractivity contribution in [1.82, 2.24) is 20.2 Å². The number of azo groups is 1. The van der Waals surface area contributed by atoms with E-state index in [9.17, 15) is 0 Å². The van der Waals surface area contributed by atoms with Crippen molar-refractivity contribution in [3.8, 4) is 0 Å². The Balaban J connectivity index is 1.67. The Morgan fingerprint density at radius 3 is 2.95 bits per heavy atom. The molecule has 1 aromatic carbocycles. The van der Waals surface area contributed by atoms with Gasteiger partial charge in [0.1, 0.15) is 17.8 Å². The molecule has 1 N–H and O–H groups in total. The predicted octanol–water partition coefficient (Wildman–Crippen LogP) is 3.38. The lowest BCUT2D eigenvalue weighted by atomic mass is 10.2. The first-order valence-corrected chi connectivity index (χ1v) is 6.41. The van der Waals surface area contributed by atoms with Gasteiger partial charge in [0.2, 0.25) is 0 Å². The van der Waals surface area contributed by atoms with Crippen LogP contribution in [0.25, 0.3) is 22.1 Å². The summed E-state index contributed by atoms with van der Waals surface area (Å²) in [4.78, 5) is 7.50. The second-order valence-corrected chi connectivity index (χ2v) is 4.46. The van der Waals surface area contributed by atoms with Crippen LogP contribution in [0.15, 0.2) is 57.3 Å². The molecular formula is C14H10N6O. The quantitative estimate of drug-likeness (QED) is 0.581. The number of hydrogen-bond donors (Lipinski definition) is 1. The number of para-hydroxylation sites is 1. The fraction of sp³-hybridized carbons (Fsp3) is 0.0714. The topological polar surface area (TPSA) is 92.3 Å². The molecule has 0 aliphatic rings. The average Bonchev–Trinajstić information content (AvgIpc) is 3.13. The summed E-state index contributed by atoms with van der Waals surface area (Å²) in [6.07, 6.45) is 1.60. The van der Waals surface area contributed by atoms with Crippen molar-refractivity contribution in [1.29, 1.82) is 0 Å². The summed E-state index contributed by atoms with van der Waals surface area (Å²) >= 11 is 0. The molecule has 0 amide bonds. The van der Waals surface area contributed by atoms with Gasteiger partial charge in [-0.3, -0.25) is 0 Å². The molecular weight excluding hydrogens is 268 g/mol. The van der Waals surface area contributed by atoms with Gasteiger partial charge in [-0.15, -0.1) is 15.3 Å². The van der Waals surface area contributed by atoms with Crippen molar-refractivity contribution in [3.05, 3.63) is 48.4 Å². The second kappa shape index (κ2) is 4.78. The summed E-state index contributed by atoms with van der Waals surface area (Å²) in [6.45, 7) is 0.348. The standard InChI is InChI=1S/C14H10N6O/c1-2-6-11-10(5-1)12-13(16-11)17-14(20-18-12)19-15-8-9-4-3-7-21-9/h1-7H,8H2,(H,16,17,20). The highest BCUT2D eigenvalue weighted by atomic mass is 16.3. The highest BCUT2D eigenvalue weighted by molar-refractivity contribution is 6.03. The summed E-state index contributed by atoms with van der Waals surface area (Å²) in [5.41, 5.74) is 2.35. The van der Waals surface area contributed by atoms with Crippen LogP contribution in [0.2, 0.25) is 0 Å². The van der Waals surface area contributed by atoms with Gasteiger partial charge in [0, 0.05) is 10.9 Å². The first kappa shape index (κ1) is 11.7. The van der Waals surface area contributed by atoms with E-state index in [1.165, 1.54) is 0 Å². The molecule has 0 atom stereocenters. The monoisotopic (exact) mass is 278 g/mol. The maximum Gasteiger partial charge on any atom is 0.289 e. The second-order valence-electron chi connectivity index (χ2n) is 4.46. The zero-order valence-electron chi connectivity index (χ0n) is 10.9. The van der Waals surface area contributed by atoms with Crippen LogP contribution in [0.1, 0.15) is 5.76 Å². The molecule has 0 fully saturated rings. The van der Waals surface area contributed by atoms with Gasteiger partial charge < -0.3 is 9.40 Å². The van der Waals surface area contributed by atoms with E-state index < -0.39 is 0 Å². The van der Waals surface area contributed by atoms with Crippen LogP contribution in [0.4, 0.5) is 5.95 Å². The maximum absolute atomic E-state index is 5.17. The summed E-state index contributed by atoms with van der Waals surface area (Å²) in [6, 6.07) is 11.5. The first-order valence-electron chi connectivity index (χ1n) is 6.41. The zero-order valence-corrected chi connectivity index (χ0v) is 10.9. The van der Waals surface area contributed by atoms with Crippen molar-refractivity contribution in [2.24, 2.45) is 10.2 Å². The molecule has 0 aliphatic carbocycles. The average molecular weight is 278 g/mol. The highest BCUT2D eigenvalue weighted by Gasteiger charge is 2.07. The molecule has 0 saturated carbocycles. The van der Waals surface area contributed by atoms with Gasteiger partial charge in [-0.2, -0.15) is 10.1 Å². The third-order valence-electron chi connectivity index (χ3n) is 3.08. The fourth-order valence-electron chi connectivity index (χ4n) is 2.13. The molecule has 7 heteroatoms. The Hall–Kier alpha value is -3.09. The smallest absolute Gasteiger partial charge is 0.289 e. The fourth-order valence-corrected chi connectivity index (χ4v) is 2.13. The minimum absolute atomic E-state index is 0.223. The molecule has 0 saturated heterocycles. The molecule has 102 valence electrons. The van der Waals surface area contributed by atoms with Crippen LogP contribution < -0.4 is 0 Å². The van der Waals surface area contributed by atoms with Crippen LogP contribution in [-0.4, -0.2) is 20.2 Å². The highest BCUT2D eigenvalue weighted by Crippen LogP contribution is 2.22. The van der Waals surface area contributed by atoms with Crippen molar-refractivity contribution < 1.29 is 4.42 Å². The molecule has 7 nitrogen and oxygen atoms in total. The number of aromatic nitrogens is 4. The van der Waals surface area contributed by atoms with Gasteiger partial charge in [-0.1, -0.05) is 18.2 Å². The third-order valence-corrected chi connectivity index (χ3v) is 3.08. The number of nitrogens with zero attached hydrogens (tertiary/aromatic N) is 5.